The smallest absolute Gasteiger partial charge is 0.0758 e. The van der Waals surface area contributed by atoms with E-state index in [4.69, 9.17) is 4.99 Å². The van der Waals surface area contributed by atoms with E-state index in [9.17, 15) is 0 Å². The Morgan fingerprint density at radius 1 is 1.05 bits per heavy atom. The van der Waals surface area contributed by atoms with Crippen LogP contribution in [-0.2, 0) is 0 Å². The molecule has 0 N–H and O–H groups in total. The van der Waals surface area contributed by atoms with Crippen LogP contribution in [-0.4, -0.2) is 26.9 Å². The third-order valence-corrected chi connectivity index (χ3v) is 8.51. The highest BCUT2D eigenvalue weighted by Gasteiger charge is 2.20. The van der Waals surface area contributed by atoms with E-state index in [1.54, 1.807) is 0 Å². The maximum Gasteiger partial charge on any atom is 0.0758 e. The fraction of sp³-hybridized carbons (Fsp3) is 0.611. The summed E-state index contributed by atoms with van der Waals surface area (Å²) in [5, 5.41) is 1.35. The van der Waals surface area contributed by atoms with E-state index in [1.165, 1.54) is 54.4 Å². The molecule has 0 atom stereocenters. The normalized spacial score (nSPS) is 21.4. The van der Waals surface area contributed by atoms with Crippen LogP contribution in [0.1, 0.15) is 38.5 Å². The molecule has 1 aliphatic heterocycles. The molecule has 120 valence electrons. The Balaban J connectivity index is 1.61. The Kier molecular flexibility index (Phi) is 7.09. The van der Waals surface area contributed by atoms with Gasteiger partial charge in [-0.1, -0.05) is 37.5 Å². The van der Waals surface area contributed by atoms with Crippen molar-refractivity contribution >= 4 is 46.0 Å². The highest BCUT2D eigenvalue weighted by atomic mass is 32.2. The van der Waals surface area contributed by atoms with Crippen molar-refractivity contribution in [3.8, 4) is 0 Å². The summed E-state index contributed by atoms with van der Waals surface area (Å²) in [7, 11) is 0. The summed E-state index contributed by atoms with van der Waals surface area (Å²) in [5.41, 5.74) is 1.11. The van der Waals surface area contributed by atoms with Gasteiger partial charge in [0.05, 0.1) is 15.3 Å². The molecule has 1 aromatic carbocycles. The summed E-state index contributed by atoms with van der Waals surface area (Å²) < 4.78 is 0.723. The van der Waals surface area contributed by atoms with E-state index in [0.717, 1.165) is 22.6 Å². The quantitative estimate of drug-likeness (QED) is 0.461. The molecule has 22 heavy (non-hydrogen) atoms. The van der Waals surface area contributed by atoms with Crippen molar-refractivity contribution in [1.29, 1.82) is 0 Å². The molecule has 0 radical (unpaired) electrons. The molecule has 1 saturated carbocycles. The Hall–Kier alpha value is -0.0600. The van der Waals surface area contributed by atoms with Crippen LogP contribution in [0.4, 0.5) is 5.69 Å². The zero-order valence-electron chi connectivity index (χ0n) is 13.1. The number of rotatable bonds is 5. The number of thioether (sulfide) groups is 3. The average molecular weight is 352 g/mol. The Morgan fingerprint density at radius 3 is 2.50 bits per heavy atom. The van der Waals surface area contributed by atoms with Crippen molar-refractivity contribution in [2.75, 3.05) is 17.3 Å². The van der Waals surface area contributed by atoms with Gasteiger partial charge in [-0.25, -0.2) is 4.99 Å². The molecule has 0 unspecified atom stereocenters. The molecule has 2 aliphatic rings. The number of para-hydroxylation sites is 1. The predicted octanol–water partition coefficient (Wildman–Crippen LogP) is 6.23. The molecule has 4 heteroatoms. The van der Waals surface area contributed by atoms with Gasteiger partial charge in [0.1, 0.15) is 0 Å². The van der Waals surface area contributed by atoms with Crippen LogP contribution >= 0.6 is 35.3 Å². The molecule has 0 amide bonds. The second-order valence-electron chi connectivity index (χ2n) is 6.03. The van der Waals surface area contributed by atoms with Gasteiger partial charge in [-0.15, -0.1) is 35.3 Å². The van der Waals surface area contributed by atoms with E-state index in [2.05, 4.69) is 53.9 Å². The lowest BCUT2D eigenvalue weighted by atomic mass is 9.91. The van der Waals surface area contributed by atoms with Crippen molar-refractivity contribution in [1.82, 2.24) is 0 Å². The summed E-state index contributed by atoms with van der Waals surface area (Å²) in [5.74, 6) is 4.81. The van der Waals surface area contributed by atoms with E-state index < -0.39 is 0 Å². The highest BCUT2D eigenvalue weighted by Crippen LogP contribution is 2.37. The number of nitrogens with zero attached hydrogens (tertiary/aromatic N) is 1. The number of hydrogen-bond acceptors (Lipinski definition) is 4. The maximum atomic E-state index is 4.96. The lowest BCUT2D eigenvalue weighted by Gasteiger charge is -2.21. The lowest BCUT2D eigenvalue weighted by Crippen LogP contribution is -2.11. The predicted molar refractivity (Wildman–Crippen MR) is 106 cm³/mol. The minimum Gasteiger partial charge on any atom is -0.247 e. The molecule has 1 aromatic rings. The van der Waals surface area contributed by atoms with Gasteiger partial charge >= 0.3 is 0 Å². The largest absolute Gasteiger partial charge is 0.247 e. The van der Waals surface area contributed by atoms with Gasteiger partial charge in [0.25, 0.3) is 0 Å². The summed E-state index contributed by atoms with van der Waals surface area (Å²) in [6.07, 6.45) is 8.32. The molecular weight excluding hydrogens is 326 g/mol. The van der Waals surface area contributed by atoms with Crippen LogP contribution in [0.2, 0.25) is 0 Å². The zero-order chi connectivity index (χ0) is 15.0. The first-order valence-corrected chi connectivity index (χ1v) is 11.5. The first-order chi connectivity index (χ1) is 10.9. The summed E-state index contributed by atoms with van der Waals surface area (Å²) in [4.78, 5) is 4.96. The van der Waals surface area contributed by atoms with Crippen LogP contribution in [0, 0.1) is 5.92 Å². The van der Waals surface area contributed by atoms with Crippen molar-refractivity contribution in [2.45, 2.75) is 43.1 Å². The maximum absolute atomic E-state index is 4.96. The fourth-order valence-electron chi connectivity index (χ4n) is 3.02. The van der Waals surface area contributed by atoms with Gasteiger partial charge in [-0.3, -0.25) is 0 Å². The Morgan fingerprint density at radius 2 is 1.77 bits per heavy atom. The molecule has 3 rings (SSSR count). The summed E-state index contributed by atoms with van der Waals surface area (Å²) >= 11 is 6.26. The number of aliphatic imine (C=N–C) groups is 1. The molecule has 2 fully saturated rings. The number of hydrogen-bond donors (Lipinski definition) is 0. The Labute approximate surface area is 147 Å². The van der Waals surface area contributed by atoms with Gasteiger partial charge in [-0.2, -0.15) is 0 Å². The van der Waals surface area contributed by atoms with Crippen LogP contribution < -0.4 is 0 Å². The zero-order valence-corrected chi connectivity index (χ0v) is 15.5. The van der Waals surface area contributed by atoms with Gasteiger partial charge < -0.3 is 0 Å². The van der Waals surface area contributed by atoms with Gasteiger partial charge in [0.15, 0.2) is 0 Å². The minimum absolute atomic E-state index is 0.723. The molecular formula is C18H25NS3. The molecule has 1 heterocycles. The standard InChI is InChI=1S/C18H25NS3/c1-3-7-15(8-4-1)14-22-17(13-18-20-11-12-21-18)19-16-9-5-2-6-10-16/h2,5-6,9-10,15,18H,1,3-4,7-8,11-14H2. The van der Waals surface area contributed by atoms with E-state index in [-0.39, 0.29) is 0 Å². The number of benzene rings is 1. The van der Waals surface area contributed by atoms with Crippen molar-refractivity contribution in [3.63, 3.8) is 0 Å². The average Bonchev–Trinajstić information content (AvgIpc) is 3.08. The van der Waals surface area contributed by atoms with Gasteiger partial charge in [-0.05, 0) is 30.9 Å². The minimum atomic E-state index is 0.723. The molecule has 1 nitrogen and oxygen atoms in total. The van der Waals surface area contributed by atoms with E-state index in [0.29, 0.717) is 0 Å². The van der Waals surface area contributed by atoms with Crippen LogP contribution in [0.5, 0.6) is 0 Å². The molecule has 0 spiro atoms. The second-order valence-corrected chi connectivity index (χ2v) is 10.0. The fourth-order valence-corrected chi connectivity index (χ4v) is 7.26. The van der Waals surface area contributed by atoms with Crippen LogP contribution in [0.3, 0.4) is 0 Å². The summed E-state index contributed by atoms with van der Waals surface area (Å²) in [6.45, 7) is 0. The lowest BCUT2D eigenvalue weighted by molar-refractivity contribution is 0.391. The molecule has 1 saturated heterocycles. The van der Waals surface area contributed by atoms with Crippen LogP contribution in [0.25, 0.3) is 0 Å². The van der Waals surface area contributed by atoms with Crippen LogP contribution in [0.15, 0.2) is 35.3 Å². The molecule has 0 bridgehead atoms. The SMILES string of the molecule is c1ccc(N=C(CC2SCCS2)SCC2CCCCC2)cc1. The third-order valence-electron chi connectivity index (χ3n) is 4.25. The monoisotopic (exact) mass is 351 g/mol. The van der Waals surface area contributed by atoms with Gasteiger partial charge in [0, 0.05) is 23.7 Å². The first kappa shape index (κ1) is 16.8. The topological polar surface area (TPSA) is 12.4 Å². The third kappa shape index (κ3) is 5.54. The van der Waals surface area contributed by atoms with Crippen molar-refractivity contribution in [3.05, 3.63) is 30.3 Å². The van der Waals surface area contributed by atoms with Crippen molar-refractivity contribution in [2.24, 2.45) is 10.9 Å². The van der Waals surface area contributed by atoms with E-state index >= 15 is 0 Å². The first-order valence-electron chi connectivity index (χ1n) is 8.39. The highest BCUT2D eigenvalue weighted by molar-refractivity contribution is 8.20. The second kappa shape index (κ2) is 9.29. The molecule has 0 aromatic heterocycles. The summed E-state index contributed by atoms with van der Waals surface area (Å²) in [6, 6.07) is 10.5. The molecule has 1 aliphatic carbocycles. The van der Waals surface area contributed by atoms with E-state index in [1.807, 2.05) is 11.8 Å². The Bertz CT molecular complexity index is 462. The van der Waals surface area contributed by atoms with Gasteiger partial charge in [0.2, 0.25) is 0 Å². The van der Waals surface area contributed by atoms with Crippen molar-refractivity contribution < 1.29 is 0 Å².